The van der Waals surface area contributed by atoms with Crippen molar-refractivity contribution in [1.29, 1.82) is 5.26 Å². The maximum Gasteiger partial charge on any atom is 0.221 e. The van der Waals surface area contributed by atoms with Crippen LogP contribution in [-0.2, 0) is 16.1 Å². The van der Waals surface area contributed by atoms with Crippen LogP contribution in [0.25, 0.3) is 22.2 Å². The number of hydrogen-bond donors (Lipinski definition) is 1. The van der Waals surface area contributed by atoms with Gasteiger partial charge in [0.05, 0.1) is 42.8 Å². The van der Waals surface area contributed by atoms with Gasteiger partial charge >= 0.3 is 0 Å². The van der Waals surface area contributed by atoms with Gasteiger partial charge in [0.2, 0.25) is 5.91 Å². The summed E-state index contributed by atoms with van der Waals surface area (Å²) in [5.41, 5.74) is 4.48. The minimum absolute atomic E-state index is 0.215. The summed E-state index contributed by atoms with van der Waals surface area (Å²) in [4.78, 5) is 18.6. The fourth-order valence-electron chi connectivity index (χ4n) is 3.78. The molecule has 0 aliphatic carbocycles. The summed E-state index contributed by atoms with van der Waals surface area (Å²) in [6.45, 7) is 5.46. The van der Waals surface area contributed by atoms with E-state index in [-0.39, 0.29) is 5.91 Å². The molecule has 1 aromatic heterocycles. The predicted octanol–water partition coefficient (Wildman–Crippen LogP) is 3.57. The third-order valence-electron chi connectivity index (χ3n) is 5.35. The number of carbonyl (C=O) groups is 1. The number of benzene rings is 2. The molecule has 2 aromatic carbocycles. The van der Waals surface area contributed by atoms with Gasteiger partial charge in [-0.2, -0.15) is 5.26 Å². The number of methoxy groups -OCH3 is 1. The zero-order valence-electron chi connectivity index (χ0n) is 17.6. The molecule has 2 heterocycles. The highest BCUT2D eigenvalue weighted by atomic mass is 16.5. The molecule has 7 heteroatoms. The van der Waals surface area contributed by atoms with Crippen LogP contribution >= 0.6 is 0 Å². The van der Waals surface area contributed by atoms with Crippen molar-refractivity contribution in [3.63, 3.8) is 0 Å². The second-order valence-electron chi connectivity index (χ2n) is 7.49. The number of morpholine rings is 1. The van der Waals surface area contributed by atoms with E-state index >= 15 is 0 Å². The highest BCUT2D eigenvalue weighted by Gasteiger charge is 2.16. The molecule has 1 N–H and O–H groups in total. The lowest BCUT2D eigenvalue weighted by molar-refractivity contribution is -0.114. The van der Waals surface area contributed by atoms with Crippen molar-refractivity contribution < 1.29 is 14.3 Å². The summed E-state index contributed by atoms with van der Waals surface area (Å²) in [6, 6.07) is 15.5. The van der Waals surface area contributed by atoms with Crippen molar-refractivity contribution in [2.75, 3.05) is 38.7 Å². The van der Waals surface area contributed by atoms with Crippen molar-refractivity contribution in [3.8, 4) is 23.1 Å². The normalized spacial score (nSPS) is 14.2. The minimum Gasteiger partial charge on any atom is -0.497 e. The molecule has 3 aromatic rings. The van der Waals surface area contributed by atoms with Gasteiger partial charge in [-0.3, -0.25) is 9.69 Å². The van der Waals surface area contributed by atoms with Crippen LogP contribution in [0, 0.1) is 11.3 Å². The average Bonchev–Trinajstić information content (AvgIpc) is 2.79. The highest BCUT2D eigenvalue weighted by molar-refractivity contribution is 5.91. The standard InChI is InChI=1S/C24H24N4O3/c1-16(29)26-22-6-3-17(11-18(22)14-25)23-12-19(15-28-7-9-31-10-8-28)21-5-4-20(30-2)13-24(21)27-23/h3-6,11-13H,7-10,15H2,1-2H3,(H,26,29). The van der Waals surface area contributed by atoms with Crippen molar-refractivity contribution in [1.82, 2.24) is 9.88 Å². The van der Waals surface area contributed by atoms with Crippen LogP contribution < -0.4 is 10.1 Å². The SMILES string of the molecule is COc1ccc2c(CN3CCOCC3)cc(-c3ccc(NC(C)=O)c(C#N)c3)nc2c1. The third kappa shape index (κ3) is 4.66. The summed E-state index contributed by atoms with van der Waals surface area (Å²) < 4.78 is 10.9. The largest absolute Gasteiger partial charge is 0.497 e. The molecule has 1 amide bonds. The first kappa shape index (κ1) is 20.8. The van der Waals surface area contributed by atoms with Crippen LogP contribution in [0.4, 0.5) is 5.69 Å². The first-order valence-electron chi connectivity index (χ1n) is 10.2. The molecule has 0 unspecified atom stereocenters. The van der Waals surface area contributed by atoms with Gasteiger partial charge in [0.25, 0.3) is 0 Å². The Morgan fingerprint density at radius 1 is 1.23 bits per heavy atom. The molecule has 0 saturated carbocycles. The van der Waals surface area contributed by atoms with Crippen molar-refractivity contribution in [2.45, 2.75) is 13.5 Å². The van der Waals surface area contributed by atoms with Gasteiger partial charge in [0, 0.05) is 43.6 Å². The highest BCUT2D eigenvalue weighted by Crippen LogP contribution is 2.30. The van der Waals surface area contributed by atoms with E-state index in [9.17, 15) is 10.1 Å². The van der Waals surface area contributed by atoms with Crippen LogP contribution in [0.5, 0.6) is 5.75 Å². The monoisotopic (exact) mass is 416 g/mol. The molecular formula is C24H24N4O3. The maximum atomic E-state index is 11.4. The molecule has 0 atom stereocenters. The van der Waals surface area contributed by atoms with Gasteiger partial charge in [-0.05, 0) is 35.9 Å². The molecule has 0 spiro atoms. The average molecular weight is 416 g/mol. The van der Waals surface area contributed by atoms with E-state index in [2.05, 4.69) is 22.4 Å². The Labute approximate surface area is 181 Å². The van der Waals surface area contributed by atoms with E-state index in [4.69, 9.17) is 14.5 Å². The van der Waals surface area contributed by atoms with Crippen LogP contribution in [0.15, 0.2) is 42.5 Å². The summed E-state index contributed by atoms with van der Waals surface area (Å²) in [7, 11) is 1.64. The van der Waals surface area contributed by atoms with Gasteiger partial charge in [-0.1, -0.05) is 6.07 Å². The van der Waals surface area contributed by atoms with Crippen LogP contribution in [0.3, 0.4) is 0 Å². The number of nitrogens with zero attached hydrogens (tertiary/aromatic N) is 3. The Bertz CT molecular complexity index is 1160. The molecule has 31 heavy (non-hydrogen) atoms. The lowest BCUT2D eigenvalue weighted by atomic mass is 10.0. The number of aromatic nitrogens is 1. The van der Waals surface area contributed by atoms with E-state index in [0.717, 1.165) is 66.3 Å². The lowest BCUT2D eigenvalue weighted by Gasteiger charge is -2.27. The molecule has 7 nitrogen and oxygen atoms in total. The first-order valence-corrected chi connectivity index (χ1v) is 10.2. The Morgan fingerprint density at radius 2 is 2.03 bits per heavy atom. The van der Waals surface area contributed by atoms with Gasteiger partial charge < -0.3 is 14.8 Å². The number of pyridine rings is 1. The second-order valence-corrected chi connectivity index (χ2v) is 7.49. The molecule has 4 rings (SSSR count). The van der Waals surface area contributed by atoms with Gasteiger partial charge in [-0.25, -0.2) is 4.98 Å². The summed E-state index contributed by atoms with van der Waals surface area (Å²) in [5.74, 6) is 0.529. The number of nitriles is 1. The number of nitrogens with one attached hydrogen (secondary N) is 1. The first-order chi connectivity index (χ1) is 15.1. The van der Waals surface area contributed by atoms with Crippen LogP contribution in [-0.4, -0.2) is 49.2 Å². The Hall–Kier alpha value is -3.47. The number of amides is 1. The van der Waals surface area contributed by atoms with Crippen LogP contribution in [0.2, 0.25) is 0 Å². The fraction of sp³-hybridized carbons (Fsp3) is 0.292. The molecular weight excluding hydrogens is 392 g/mol. The quantitative estimate of drug-likeness (QED) is 0.684. The molecule has 0 bridgehead atoms. The van der Waals surface area contributed by atoms with E-state index in [1.165, 1.54) is 6.92 Å². The molecule has 1 saturated heterocycles. The number of hydrogen-bond acceptors (Lipinski definition) is 6. The van der Waals surface area contributed by atoms with E-state index < -0.39 is 0 Å². The number of fused-ring (bicyclic) bond motifs is 1. The Morgan fingerprint density at radius 3 is 2.74 bits per heavy atom. The van der Waals surface area contributed by atoms with Crippen molar-refractivity contribution in [2.24, 2.45) is 0 Å². The molecule has 158 valence electrons. The van der Waals surface area contributed by atoms with Crippen molar-refractivity contribution in [3.05, 3.63) is 53.6 Å². The molecule has 0 radical (unpaired) electrons. The van der Waals surface area contributed by atoms with Gasteiger partial charge in [0.15, 0.2) is 0 Å². The zero-order chi connectivity index (χ0) is 21.8. The van der Waals surface area contributed by atoms with Crippen LogP contribution in [0.1, 0.15) is 18.1 Å². The zero-order valence-corrected chi connectivity index (χ0v) is 17.6. The molecule has 1 aliphatic heterocycles. The molecule has 1 fully saturated rings. The van der Waals surface area contributed by atoms with E-state index in [0.29, 0.717) is 11.3 Å². The topological polar surface area (TPSA) is 87.5 Å². The second kappa shape index (κ2) is 9.13. The Kier molecular flexibility index (Phi) is 6.12. The third-order valence-corrected chi connectivity index (χ3v) is 5.35. The predicted molar refractivity (Wildman–Crippen MR) is 119 cm³/mol. The summed E-state index contributed by atoms with van der Waals surface area (Å²) in [5, 5.41) is 13.3. The van der Waals surface area contributed by atoms with Gasteiger partial charge in [-0.15, -0.1) is 0 Å². The minimum atomic E-state index is -0.215. The van der Waals surface area contributed by atoms with Crippen molar-refractivity contribution >= 4 is 22.5 Å². The van der Waals surface area contributed by atoms with E-state index in [1.807, 2.05) is 24.3 Å². The molecule has 1 aliphatic rings. The Balaban J connectivity index is 1.80. The van der Waals surface area contributed by atoms with Gasteiger partial charge in [0.1, 0.15) is 11.8 Å². The fourth-order valence-corrected chi connectivity index (χ4v) is 3.78. The number of anilines is 1. The number of rotatable bonds is 5. The number of ether oxygens (including phenoxy) is 2. The lowest BCUT2D eigenvalue weighted by Crippen LogP contribution is -2.35. The maximum absolute atomic E-state index is 11.4. The van der Waals surface area contributed by atoms with E-state index in [1.54, 1.807) is 19.2 Å². The summed E-state index contributed by atoms with van der Waals surface area (Å²) >= 11 is 0. The number of carbonyl (C=O) groups excluding carboxylic acids is 1. The smallest absolute Gasteiger partial charge is 0.221 e. The summed E-state index contributed by atoms with van der Waals surface area (Å²) in [6.07, 6.45) is 0.